The first-order chi connectivity index (χ1) is 9.92. The molecule has 0 aliphatic rings. The molecule has 0 amide bonds. The second-order valence-corrected chi connectivity index (χ2v) is 7.18. The summed E-state index contributed by atoms with van der Waals surface area (Å²) in [5.74, 6) is -0.766. The Morgan fingerprint density at radius 3 is 2.71 bits per heavy atom. The van der Waals surface area contributed by atoms with Crippen molar-refractivity contribution in [2.24, 2.45) is 0 Å². The van der Waals surface area contributed by atoms with Gasteiger partial charge in [0.15, 0.2) is 0 Å². The van der Waals surface area contributed by atoms with Crippen LogP contribution in [-0.4, -0.2) is 20.4 Å². The van der Waals surface area contributed by atoms with Gasteiger partial charge in [0.05, 0.1) is 6.54 Å². The number of nitrogens with one attached hydrogen (secondary N) is 2. The summed E-state index contributed by atoms with van der Waals surface area (Å²) < 4.78 is 40.5. The molecule has 0 aliphatic carbocycles. The predicted molar refractivity (Wildman–Crippen MR) is 80.0 cm³/mol. The van der Waals surface area contributed by atoms with Crippen LogP contribution in [0.5, 0.6) is 0 Å². The van der Waals surface area contributed by atoms with Crippen LogP contribution < -0.4 is 10.0 Å². The molecule has 2 aromatic rings. The summed E-state index contributed by atoms with van der Waals surface area (Å²) in [5.41, 5.74) is 1.53. The minimum absolute atomic E-state index is 0.0521. The highest BCUT2D eigenvalue weighted by atomic mass is 32.2. The van der Waals surface area contributed by atoms with Crippen LogP contribution in [0.25, 0.3) is 0 Å². The lowest BCUT2D eigenvalue weighted by Gasteiger charge is -2.08. The molecule has 2 N–H and O–H groups in total. The first-order valence-corrected chi connectivity index (χ1v) is 8.62. The van der Waals surface area contributed by atoms with Crippen LogP contribution in [-0.2, 0) is 23.1 Å². The summed E-state index contributed by atoms with van der Waals surface area (Å²) in [6.07, 6.45) is 0. The number of hydrogen-bond acceptors (Lipinski definition) is 5. The molecular formula is C13H16FN3O2S2. The first-order valence-electron chi connectivity index (χ1n) is 6.26. The molecule has 0 aliphatic heterocycles. The van der Waals surface area contributed by atoms with Gasteiger partial charge >= 0.3 is 0 Å². The molecule has 0 spiro atoms. The van der Waals surface area contributed by atoms with E-state index in [2.05, 4.69) is 15.0 Å². The average molecular weight is 329 g/mol. The number of thiazole rings is 1. The number of hydrogen-bond donors (Lipinski definition) is 2. The van der Waals surface area contributed by atoms with Crippen LogP contribution in [0.15, 0.2) is 28.5 Å². The third-order valence-corrected chi connectivity index (χ3v) is 5.13. The standard InChI is InChI=1S/C13H16FN3O2S2/c1-9-8-20-13(17-9)7-16-21(18,19)12-5-10(6-15-2)3-4-11(12)14/h3-5,8,15-16H,6-7H2,1-2H3. The van der Waals surface area contributed by atoms with Crippen molar-refractivity contribution in [3.63, 3.8) is 0 Å². The fraction of sp³-hybridized carbons (Fsp3) is 0.308. The highest BCUT2D eigenvalue weighted by Crippen LogP contribution is 2.17. The zero-order chi connectivity index (χ0) is 15.5. The van der Waals surface area contributed by atoms with E-state index >= 15 is 0 Å². The zero-order valence-electron chi connectivity index (χ0n) is 11.7. The normalized spacial score (nSPS) is 11.8. The van der Waals surface area contributed by atoms with E-state index < -0.39 is 15.8 Å². The molecule has 114 valence electrons. The van der Waals surface area contributed by atoms with E-state index in [4.69, 9.17) is 0 Å². The van der Waals surface area contributed by atoms with Gasteiger partial charge in [0.1, 0.15) is 15.7 Å². The van der Waals surface area contributed by atoms with Gasteiger partial charge in [0, 0.05) is 17.6 Å². The predicted octanol–water partition coefficient (Wildman–Crippen LogP) is 1.79. The maximum absolute atomic E-state index is 13.8. The molecule has 8 heteroatoms. The summed E-state index contributed by atoms with van der Waals surface area (Å²) in [7, 11) is -2.17. The largest absolute Gasteiger partial charge is 0.316 e. The van der Waals surface area contributed by atoms with Crippen LogP contribution in [0.1, 0.15) is 16.3 Å². The fourth-order valence-corrected chi connectivity index (χ4v) is 3.70. The molecule has 0 saturated carbocycles. The van der Waals surface area contributed by atoms with Crippen molar-refractivity contribution in [2.75, 3.05) is 7.05 Å². The van der Waals surface area contributed by atoms with Crippen molar-refractivity contribution >= 4 is 21.4 Å². The van der Waals surface area contributed by atoms with Gasteiger partial charge in [0.2, 0.25) is 10.0 Å². The summed E-state index contributed by atoms with van der Waals surface area (Å²) in [6, 6.07) is 4.05. The Balaban J connectivity index is 2.20. The molecule has 0 saturated heterocycles. The molecule has 2 rings (SSSR count). The second kappa shape index (κ2) is 6.61. The Bertz CT molecular complexity index is 729. The number of benzene rings is 1. The maximum atomic E-state index is 13.8. The summed E-state index contributed by atoms with van der Waals surface area (Å²) in [5, 5.41) is 5.37. The number of aromatic nitrogens is 1. The molecule has 1 heterocycles. The van der Waals surface area contributed by atoms with E-state index in [-0.39, 0.29) is 11.4 Å². The number of aryl methyl sites for hydroxylation is 1. The third-order valence-electron chi connectivity index (χ3n) is 2.75. The van der Waals surface area contributed by atoms with Crippen LogP contribution in [0.2, 0.25) is 0 Å². The van der Waals surface area contributed by atoms with E-state index in [1.807, 2.05) is 12.3 Å². The van der Waals surface area contributed by atoms with Gasteiger partial charge in [-0.15, -0.1) is 11.3 Å². The lowest BCUT2D eigenvalue weighted by molar-refractivity contribution is 0.555. The summed E-state index contributed by atoms with van der Waals surface area (Å²) in [6.45, 7) is 2.35. The van der Waals surface area contributed by atoms with Crippen LogP contribution >= 0.6 is 11.3 Å². The Labute approximate surface area is 127 Å². The molecule has 1 aromatic heterocycles. The Hall–Kier alpha value is -1.35. The number of halogens is 1. The highest BCUT2D eigenvalue weighted by Gasteiger charge is 2.19. The molecule has 0 atom stereocenters. The topological polar surface area (TPSA) is 71.1 Å². The molecule has 0 fully saturated rings. The van der Waals surface area contributed by atoms with Crippen molar-refractivity contribution in [1.82, 2.24) is 15.0 Å². The van der Waals surface area contributed by atoms with Crippen molar-refractivity contribution in [2.45, 2.75) is 24.9 Å². The van der Waals surface area contributed by atoms with Gasteiger partial charge in [-0.05, 0) is 31.7 Å². The maximum Gasteiger partial charge on any atom is 0.243 e. The van der Waals surface area contributed by atoms with Crippen LogP contribution in [0.3, 0.4) is 0 Å². The lowest BCUT2D eigenvalue weighted by atomic mass is 10.2. The Kier molecular flexibility index (Phi) is 5.04. The number of sulfonamides is 1. The molecule has 5 nitrogen and oxygen atoms in total. The third kappa shape index (κ3) is 4.07. The van der Waals surface area contributed by atoms with Crippen molar-refractivity contribution in [3.05, 3.63) is 45.7 Å². The zero-order valence-corrected chi connectivity index (χ0v) is 13.3. The van der Waals surface area contributed by atoms with Crippen molar-refractivity contribution in [3.8, 4) is 0 Å². The second-order valence-electron chi connectivity index (χ2n) is 4.50. The van der Waals surface area contributed by atoms with E-state index in [0.717, 1.165) is 11.8 Å². The monoisotopic (exact) mass is 329 g/mol. The minimum atomic E-state index is -3.91. The van der Waals surface area contributed by atoms with Crippen LogP contribution in [0, 0.1) is 12.7 Å². The molecule has 0 bridgehead atoms. The van der Waals surface area contributed by atoms with E-state index in [0.29, 0.717) is 17.1 Å². The van der Waals surface area contributed by atoms with Crippen LogP contribution in [0.4, 0.5) is 4.39 Å². The number of nitrogens with zero attached hydrogens (tertiary/aromatic N) is 1. The molecule has 21 heavy (non-hydrogen) atoms. The first kappa shape index (κ1) is 16.0. The number of rotatable bonds is 6. The molecular weight excluding hydrogens is 313 g/mol. The smallest absolute Gasteiger partial charge is 0.243 e. The van der Waals surface area contributed by atoms with Gasteiger partial charge in [-0.2, -0.15) is 0 Å². The van der Waals surface area contributed by atoms with Gasteiger partial charge < -0.3 is 5.32 Å². The summed E-state index contributed by atoms with van der Waals surface area (Å²) in [4.78, 5) is 3.82. The van der Waals surface area contributed by atoms with Crippen molar-refractivity contribution in [1.29, 1.82) is 0 Å². The fourth-order valence-electron chi connectivity index (χ4n) is 1.79. The molecule has 0 unspecified atom stereocenters. The summed E-state index contributed by atoms with van der Waals surface area (Å²) >= 11 is 1.36. The average Bonchev–Trinajstić information content (AvgIpc) is 2.85. The Morgan fingerprint density at radius 1 is 1.33 bits per heavy atom. The molecule has 0 radical (unpaired) electrons. The van der Waals surface area contributed by atoms with Gasteiger partial charge in [0.25, 0.3) is 0 Å². The van der Waals surface area contributed by atoms with E-state index in [9.17, 15) is 12.8 Å². The lowest BCUT2D eigenvalue weighted by Crippen LogP contribution is -2.24. The van der Waals surface area contributed by atoms with Gasteiger partial charge in [-0.25, -0.2) is 22.5 Å². The van der Waals surface area contributed by atoms with E-state index in [1.165, 1.54) is 17.4 Å². The van der Waals surface area contributed by atoms with E-state index in [1.54, 1.807) is 13.1 Å². The SMILES string of the molecule is CNCc1ccc(F)c(S(=O)(=O)NCc2nc(C)cs2)c1. The van der Waals surface area contributed by atoms with Crippen molar-refractivity contribution < 1.29 is 12.8 Å². The van der Waals surface area contributed by atoms with Gasteiger partial charge in [-0.1, -0.05) is 6.07 Å². The highest BCUT2D eigenvalue weighted by molar-refractivity contribution is 7.89. The molecule has 1 aromatic carbocycles. The van der Waals surface area contributed by atoms with Gasteiger partial charge in [-0.3, -0.25) is 0 Å². The Morgan fingerprint density at radius 2 is 2.10 bits per heavy atom. The quantitative estimate of drug-likeness (QED) is 0.847. The minimum Gasteiger partial charge on any atom is -0.316 e.